The van der Waals surface area contributed by atoms with Gasteiger partial charge in [-0.25, -0.2) is 10.2 Å². The van der Waals surface area contributed by atoms with Crippen molar-refractivity contribution >= 4 is 29.7 Å². The van der Waals surface area contributed by atoms with Crippen molar-refractivity contribution in [3.05, 3.63) is 33.9 Å². The molecule has 19 heavy (non-hydrogen) atoms. The highest BCUT2D eigenvalue weighted by atomic mass is 32.2. The van der Waals surface area contributed by atoms with Crippen molar-refractivity contribution in [2.45, 2.75) is 4.90 Å². The van der Waals surface area contributed by atoms with Gasteiger partial charge in [-0.2, -0.15) is 5.10 Å². The van der Waals surface area contributed by atoms with Gasteiger partial charge >= 0.3 is 6.03 Å². The number of hydrogen-bond acceptors (Lipinski definition) is 6. The zero-order chi connectivity index (χ0) is 14.3. The number of thioether (sulfide) groups is 1. The van der Waals surface area contributed by atoms with Crippen molar-refractivity contribution in [3.8, 4) is 0 Å². The third-order valence-electron chi connectivity index (χ3n) is 1.92. The lowest BCUT2D eigenvalue weighted by Gasteiger charge is -2.02. The molecule has 0 saturated heterocycles. The molecule has 0 radical (unpaired) electrons. The van der Waals surface area contributed by atoms with Gasteiger partial charge in [-0.15, -0.1) is 11.8 Å². The zero-order valence-corrected chi connectivity index (χ0v) is 10.6. The lowest BCUT2D eigenvalue weighted by molar-refractivity contribution is -0.387. The number of amides is 2. The second-order valence-corrected chi connectivity index (χ2v) is 4.43. The summed E-state index contributed by atoms with van der Waals surface area (Å²) in [5.74, 6) is 0.373. The van der Waals surface area contributed by atoms with Gasteiger partial charge in [-0.1, -0.05) is 6.07 Å². The van der Waals surface area contributed by atoms with Crippen LogP contribution in [-0.4, -0.2) is 34.6 Å². The second kappa shape index (κ2) is 7.34. The molecule has 1 aromatic carbocycles. The van der Waals surface area contributed by atoms with E-state index in [0.717, 1.165) is 0 Å². The first-order valence-electron chi connectivity index (χ1n) is 5.15. The first-order valence-corrected chi connectivity index (χ1v) is 6.13. The number of aliphatic hydroxyl groups is 1. The Hall–Kier alpha value is -2.13. The van der Waals surface area contributed by atoms with Crippen molar-refractivity contribution in [1.82, 2.24) is 5.43 Å². The minimum absolute atomic E-state index is 0.0619. The molecule has 0 fully saturated rings. The highest BCUT2D eigenvalue weighted by molar-refractivity contribution is 7.99. The lowest BCUT2D eigenvalue weighted by atomic mass is 10.2. The number of nitrogens with zero attached hydrogens (tertiary/aromatic N) is 2. The van der Waals surface area contributed by atoms with E-state index < -0.39 is 11.0 Å². The van der Waals surface area contributed by atoms with E-state index in [0.29, 0.717) is 16.2 Å². The number of nitro groups is 1. The van der Waals surface area contributed by atoms with Crippen LogP contribution >= 0.6 is 11.8 Å². The van der Waals surface area contributed by atoms with Crippen LogP contribution in [0, 0.1) is 10.1 Å². The Morgan fingerprint density at radius 3 is 2.95 bits per heavy atom. The maximum absolute atomic E-state index is 10.9. The number of benzene rings is 1. The largest absolute Gasteiger partial charge is 0.396 e. The molecule has 1 aromatic rings. The maximum atomic E-state index is 10.9. The number of nitro benzene ring substituents is 1. The second-order valence-electron chi connectivity index (χ2n) is 3.29. The van der Waals surface area contributed by atoms with Crippen LogP contribution in [0.25, 0.3) is 0 Å². The van der Waals surface area contributed by atoms with Gasteiger partial charge in [0.2, 0.25) is 0 Å². The third-order valence-corrected chi connectivity index (χ3v) is 2.96. The average Bonchev–Trinajstić information content (AvgIpc) is 2.36. The minimum atomic E-state index is -0.819. The fourth-order valence-corrected chi connectivity index (χ4v) is 1.96. The quantitative estimate of drug-likeness (QED) is 0.306. The molecule has 102 valence electrons. The minimum Gasteiger partial charge on any atom is -0.396 e. The van der Waals surface area contributed by atoms with E-state index in [-0.39, 0.29) is 12.3 Å². The number of primary amides is 1. The number of hydrogen-bond donors (Lipinski definition) is 3. The Labute approximate surface area is 112 Å². The average molecular weight is 284 g/mol. The molecule has 0 aromatic heterocycles. The summed E-state index contributed by atoms with van der Waals surface area (Å²) in [6, 6.07) is 3.68. The first-order chi connectivity index (χ1) is 9.04. The standard InChI is InChI=1S/C10H12N4O4S/c11-10(16)13-12-6-7-1-2-9(19-4-3-15)8(5-7)14(17)18/h1-2,5-6,15H,3-4H2,(H3,11,13,16). The highest BCUT2D eigenvalue weighted by Gasteiger charge is 2.14. The molecule has 0 saturated carbocycles. The predicted octanol–water partition coefficient (Wildman–Crippen LogP) is 0.681. The number of nitrogens with one attached hydrogen (secondary N) is 1. The molecule has 9 heteroatoms. The Morgan fingerprint density at radius 1 is 1.63 bits per heavy atom. The van der Waals surface area contributed by atoms with Crippen molar-refractivity contribution in [1.29, 1.82) is 0 Å². The molecule has 0 bridgehead atoms. The molecule has 0 heterocycles. The number of urea groups is 1. The van der Waals surface area contributed by atoms with Crippen LogP contribution in [0.3, 0.4) is 0 Å². The van der Waals surface area contributed by atoms with Crippen LogP contribution in [0.5, 0.6) is 0 Å². The smallest absolute Gasteiger partial charge is 0.332 e. The summed E-state index contributed by atoms with van der Waals surface area (Å²) in [5.41, 5.74) is 7.18. The molecular formula is C10H12N4O4S. The molecule has 0 aliphatic carbocycles. The van der Waals surface area contributed by atoms with Gasteiger partial charge < -0.3 is 10.8 Å². The molecule has 0 aliphatic rings. The Bertz CT molecular complexity index is 506. The van der Waals surface area contributed by atoms with Crippen LogP contribution in [0.2, 0.25) is 0 Å². The van der Waals surface area contributed by atoms with Gasteiger partial charge in [0.05, 0.1) is 22.6 Å². The van der Waals surface area contributed by atoms with Gasteiger partial charge in [0.25, 0.3) is 5.69 Å². The van der Waals surface area contributed by atoms with E-state index >= 15 is 0 Å². The molecule has 4 N–H and O–H groups in total. The summed E-state index contributed by atoms with van der Waals surface area (Å²) in [6.45, 7) is -0.0619. The maximum Gasteiger partial charge on any atom is 0.332 e. The fourth-order valence-electron chi connectivity index (χ4n) is 1.21. The number of aliphatic hydroxyl groups excluding tert-OH is 1. The summed E-state index contributed by atoms with van der Waals surface area (Å²) in [5, 5.41) is 23.1. The predicted molar refractivity (Wildman–Crippen MR) is 71.2 cm³/mol. The van der Waals surface area contributed by atoms with Crippen molar-refractivity contribution < 1.29 is 14.8 Å². The summed E-state index contributed by atoms with van der Waals surface area (Å²) in [6.07, 6.45) is 1.25. The molecule has 8 nitrogen and oxygen atoms in total. The molecule has 0 aliphatic heterocycles. The SMILES string of the molecule is NC(=O)NN=Cc1ccc(SCCO)c([N+](=O)[O-])c1. The fraction of sp³-hybridized carbons (Fsp3) is 0.200. The number of carbonyl (C=O) groups is 1. The van der Waals surface area contributed by atoms with Crippen molar-refractivity contribution in [3.63, 3.8) is 0 Å². The van der Waals surface area contributed by atoms with E-state index in [1.807, 2.05) is 5.43 Å². The number of nitrogens with two attached hydrogens (primary N) is 1. The van der Waals surface area contributed by atoms with Gasteiger partial charge in [0.1, 0.15) is 0 Å². The van der Waals surface area contributed by atoms with Gasteiger partial charge in [-0.3, -0.25) is 10.1 Å². The van der Waals surface area contributed by atoms with Crippen LogP contribution in [0.4, 0.5) is 10.5 Å². The van der Waals surface area contributed by atoms with Gasteiger partial charge in [0.15, 0.2) is 0 Å². The van der Waals surface area contributed by atoms with Crippen LogP contribution in [0.15, 0.2) is 28.2 Å². The number of hydrazone groups is 1. The van der Waals surface area contributed by atoms with Gasteiger partial charge in [-0.05, 0) is 6.07 Å². The molecule has 0 atom stereocenters. The van der Waals surface area contributed by atoms with E-state index in [1.54, 1.807) is 12.1 Å². The van der Waals surface area contributed by atoms with Crippen molar-refractivity contribution in [2.75, 3.05) is 12.4 Å². The third kappa shape index (κ3) is 4.94. The highest BCUT2D eigenvalue weighted by Crippen LogP contribution is 2.29. The van der Waals surface area contributed by atoms with Crippen molar-refractivity contribution in [2.24, 2.45) is 10.8 Å². The normalized spacial score (nSPS) is 10.6. The number of carbonyl (C=O) groups excluding carboxylic acids is 1. The molecule has 0 spiro atoms. The summed E-state index contributed by atoms with van der Waals surface area (Å²) in [7, 11) is 0. The summed E-state index contributed by atoms with van der Waals surface area (Å²) < 4.78 is 0. The summed E-state index contributed by atoms with van der Waals surface area (Å²) in [4.78, 5) is 21.3. The Balaban J connectivity index is 2.92. The molecule has 1 rings (SSSR count). The van der Waals surface area contributed by atoms with Crippen LogP contribution < -0.4 is 11.2 Å². The van der Waals surface area contributed by atoms with Gasteiger partial charge in [0, 0.05) is 17.4 Å². The topological polar surface area (TPSA) is 131 Å². The molecular weight excluding hydrogens is 272 g/mol. The van der Waals surface area contributed by atoms with Crippen LogP contribution in [0.1, 0.15) is 5.56 Å². The van der Waals surface area contributed by atoms with E-state index in [4.69, 9.17) is 10.8 Å². The van der Waals surface area contributed by atoms with E-state index in [9.17, 15) is 14.9 Å². The molecule has 2 amide bonds. The van der Waals surface area contributed by atoms with E-state index in [1.165, 1.54) is 24.0 Å². The first kappa shape index (κ1) is 14.9. The lowest BCUT2D eigenvalue weighted by Crippen LogP contribution is -2.24. The monoisotopic (exact) mass is 284 g/mol. The summed E-state index contributed by atoms with van der Waals surface area (Å²) >= 11 is 1.19. The molecule has 0 unspecified atom stereocenters. The Kier molecular flexibility index (Phi) is 5.76. The van der Waals surface area contributed by atoms with E-state index in [2.05, 4.69) is 5.10 Å². The Morgan fingerprint density at radius 2 is 2.37 bits per heavy atom. The number of rotatable bonds is 6. The van der Waals surface area contributed by atoms with Crippen LogP contribution in [-0.2, 0) is 0 Å². The zero-order valence-electron chi connectivity index (χ0n) is 9.78.